The number of carbonyl (C=O) groups is 2. The number of benzene rings is 1. The van der Waals surface area contributed by atoms with Gasteiger partial charge in [0.25, 0.3) is 11.8 Å². The first-order chi connectivity index (χ1) is 10.9. The molecule has 0 fully saturated rings. The summed E-state index contributed by atoms with van der Waals surface area (Å²) in [6, 6.07) is 6.90. The molecule has 0 aliphatic rings. The maximum atomic E-state index is 12.4. The molecule has 0 unspecified atom stereocenters. The Bertz CT molecular complexity index is 700. The fourth-order valence-corrected chi connectivity index (χ4v) is 2.17. The van der Waals surface area contributed by atoms with E-state index in [9.17, 15) is 9.59 Å². The number of para-hydroxylation sites is 1. The average Bonchev–Trinajstić information content (AvgIpc) is 2.84. The van der Waals surface area contributed by atoms with E-state index in [4.69, 9.17) is 4.52 Å². The molecule has 1 heterocycles. The predicted molar refractivity (Wildman–Crippen MR) is 87.5 cm³/mol. The largest absolute Gasteiger partial charge is 0.361 e. The summed E-state index contributed by atoms with van der Waals surface area (Å²) >= 11 is 0. The number of nitrogens with zero attached hydrogens (tertiary/aromatic N) is 1. The van der Waals surface area contributed by atoms with Gasteiger partial charge in [0.15, 0.2) is 0 Å². The minimum absolute atomic E-state index is 0.214. The Hall–Kier alpha value is -2.63. The third-order valence-electron chi connectivity index (χ3n) is 3.35. The Morgan fingerprint density at radius 3 is 2.48 bits per heavy atom. The molecule has 2 N–H and O–H groups in total. The molecule has 122 valence electrons. The highest BCUT2D eigenvalue weighted by Gasteiger charge is 2.19. The molecule has 23 heavy (non-hydrogen) atoms. The quantitative estimate of drug-likeness (QED) is 0.888. The molecule has 2 aromatic rings. The lowest BCUT2D eigenvalue weighted by Gasteiger charge is -2.12. The number of aryl methyl sites for hydroxylation is 2. The number of anilines is 1. The van der Waals surface area contributed by atoms with Gasteiger partial charge in [0.05, 0.1) is 16.9 Å². The number of hydrogen-bond donors (Lipinski definition) is 2. The van der Waals surface area contributed by atoms with E-state index in [0.717, 1.165) is 0 Å². The molecule has 6 heteroatoms. The van der Waals surface area contributed by atoms with Crippen molar-refractivity contribution in [3.63, 3.8) is 0 Å². The Morgan fingerprint density at radius 1 is 1.17 bits per heavy atom. The zero-order chi connectivity index (χ0) is 17.0. The van der Waals surface area contributed by atoms with E-state index in [1.165, 1.54) is 0 Å². The normalized spacial score (nSPS) is 10.7. The van der Waals surface area contributed by atoms with Gasteiger partial charge in [0, 0.05) is 6.54 Å². The summed E-state index contributed by atoms with van der Waals surface area (Å²) in [5, 5.41) is 9.38. The Kier molecular flexibility index (Phi) is 5.16. The van der Waals surface area contributed by atoms with E-state index in [2.05, 4.69) is 15.8 Å². The maximum Gasteiger partial charge on any atom is 0.261 e. The highest BCUT2D eigenvalue weighted by Crippen LogP contribution is 2.19. The smallest absolute Gasteiger partial charge is 0.261 e. The molecule has 1 aromatic carbocycles. The lowest BCUT2D eigenvalue weighted by molar-refractivity contribution is 0.0950. The summed E-state index contributed by atoms with van der Waals surface area (Å²) in [4.78, 5) is 24.7. The Morgan fingerprint density at radius 2 is 1.87 bits per heavy atom. The van der Waals surface area contributed by atoms with Crippen molar-refractivity contribution in [3.8, 4) is 0 Å². The Labute approximate surface area is 135 Å². The molecule has 2 amide bonds. The molecular weight excluding hydrogens is 294 g/mol. The third-order valence-corrected chi connectivity index (χ3v) is 3.35. The van der Waals surface area contributed by atoms with E-state index in [1.807, 2.05) is 13.8 Å². The maximum absolute atomic E-state index is 12.4. The van der Waals surface area contributed by atoms with Gasteiger partial charge in [-0.25, -0.2) is 0 Å². The second-order valence-corrected chi connectivity index (χ2v) is 5.80. The summed E-state index contributed by atoms with van der Waals surface area (Å²) < 4.78 is 5.01. The standard InChI is InChI=1S/C17H21N3O3/c1-10(2)9-18-16(21)13-7-5-6-8-14(13)19-17(22)15-11(3)20-23-12(15)4/h5-8,10H,9H2,1-4H3,(H,18,21)(H,19,22). The number of hydrogen-bond acceptors (Lipinski definition) is 4. The van der Waals surface area contributed by atoms with Crippen molar-refractivity contribution in [2.45, 2.75) is 27.7 Å². The zero-order valence-corrected chi connectivity index (χ0v) is 13.8. The number of rotatable bonds is 5. The van der Waals surface area contributed by atoms with Crippen LogP contribution in [-0.4, -0.2) is 23.5 Å². The van der Waals surface area contributed by atoms with Crippen molar-refractivity contribution in [1.29, 1.82) is 0 Å². The topological polar surface area (TPSA) is 84.2 Å². The zero-order valence-electron chi connectivity index (χ0n) is 13.8. The summed E-state index contributed by atoms with van der Waals surface area (Å²) in [7, 11) is 0. The molecule has 1 aromatic heterocycles. The monoisotopic (exact) mass is 315 g/mol. The number of nitrogens with one attached hydrogen (secondary N) is 2. The lowest BCUT2D eigenvalue weighted by atomic mass is 10.1. The van der Waals surface area contributed by atoms with Crippen LogP contribution in [0.25, 0.3) is 0 Å². The average molecular weight is 315 g/mol. The number of carbonyl (C=O) groups excluding carboxylic acids is 2. The SMILES string of the molecule is Cc1noc(C)c1C(=O)Nc1ccccc1C(=O)NCC(C)C. The van der Waals surface area contributed by atoms with Crippen molar-refractivity contribution in [1.82, 2.24) is 10.5 Å². The van der Waals surface area contributed by atoms with Crippen LogP contribution in [0.15, 0.2) is 28.8 Å². The highest BCUT2D eigenvalue weighted by molar-refractivity contribution is 6.09. The van der Waals surface area contributed by atoms with E-state index >= 15 is 0 Å². The molecule has 0 saturated heterocycles. The highest BCUT2D eigenvalue weighted by atomic mass is 16.5. The molecular formula is C17H21N3O3. The first-order valence-corrected chi connectivity index (χ1v) is 7.51. The van der Waals surface area contributed by atoms with Crippen LogP contribution in [0.3, 0.4) is 0 Å². The molecule has 0 atom stereocenters. The van der Waals surface area contributed by atoms with Crippen LogP contribution in [0, 0.1) is 19.8 Å². The van der Waals surface area contributed by atoms with E-state index in [-0.39, 0.29) is 11.8 Å². The number of aromatic nitrogens is 1. The molecule has 0 bridgehead atoms. The van der Waals surface area contributed by atoms with Crippen molar-refractivity contribution in [3.05, 3.63) is 46.8 Å². The van der Waals surface area contributed by atoms with Crippen LogP contribution in [0.2, 0.25) is 0 Å². The van der Waals surface area contributed by atoms with Gasteiger partial charge >= 0.3 is 0 Å². The molecule has 0 saturated carbocycles. The first kappa shape index (κ1) is 16.7. The van der Waals surface area contributed by atoms with Gasteiger partial charge in [-0.2, -0.15) is 0 Å². The van der Waals surface area contributed by atoms with Crippen molar-refractivity contribution < 1.29 is 14.1 Å². The predicted octanol–water partition coefficient (Wildman–Crippen LogP) is 2.93. The van der Waals surface area contributed by atoms with Crippen LogP contribution in [0.5, 0.6) is 0 Å². The lowest BCUT2D eigenvalue weighted by Crippen LogP contribution is -2.28. The van der Waals surface area contributed by atoms with Crippen molar-refractivity contribution in [2.24, 2.45) is 5.92 Å². The van der Waals surface area contributed by atoms with Crippen LogP contribution in [-0.2, 0) is 0 Å². The summed E-state index contributed by atoms with van der Waals surface area (Å²) in [6.07, 6.45) is 0. The minimum atomic E-state index is -0.342. The van der Waals surface area contributed by atoms with Crippen LogP contribution in [0.1, 0.15) is 46.0 Å². The summed E-state index contributed by atoms with van der Waals surface area (Å²) in [5.74, 6) is 0.239. The van der Waals surface area contributed by atoms with Gasteiger partial charge in [-0.15, -0.1) is 0 Å². The molecule has 0 spiro atoms. The van der Waals surface area contributed by atoms with Gasteiger partial charge in [-0.1, -0.05) is 31.1 Å². The number of amides is 2. The summed E-state index contributed by atoms with van der Waals surface area (Å²) in [6.45, 7) is 7.99. The van der Waals surface area contributed by atoms with Crippen molar-refractivity contribution in [2.75, 3.05) is 11.9 Å². The van der Waals surface area contributed by atoms with Gasteiger partial charge in [-0.3, -0.25) is 9.59 Å². The molecule has 2 rings (SSSR count). The minimum Gasteiger partial charge on any atom is -0.361 e. The first-order valence-electron chi connectivity index (χ1n) is 7.51. The van der Waals surface area contributed by atoms with E-state index < -0.39 is 0 Å². The molecule has 0 aliphatic heterocycles. The van der Waals surface area contributed by atoms with Crippen LogP contribution < -0.4 is 10.6 Å². The fraction of sp³-hybridized carbons (Fsp3) is 0.353. The molecule has 6 nitrogen and oxygen atoms in total. The van der Waals surface area contributed by atoms with Gasteiger partial charge in [0.1, 0.15) is 11.3 Å². The van der Waals surface area contributed by atoms with Gasteiger partial charge < -0.3 is 15.2 Å². The second kappa shape index (κ2) is 7.09. The molecule has 0 radical (unpaired) electrons. The Balaban J connectivity index is 2.21. The van der Waals surface area contributed by atoms with Gasteiger partial charge in [-0.05, 0) is 31.9 Å². The van der Waals surface area contributed by atoms with Crippen LogP contribution >= 0.6 is 0 Å². The van der Waals surface area contributed by atoms with Crippen LogP contribution in [0.4, 0.5) is 5.69 Å². The fourth-order valence-electron chi connectivity index (χ4n) is 2.17. The van der Waals surface area contributed by atoms with Gasteiger partial charge in [0.2, 0.25) is 0 Å². The van der Waals surface area contributed by atoms with Crippen molar-refractivity contribution >= 4 is 17.5 Å². The third kappa shape index (κ3) is 3.97. The van der Waals surface area contributed by atoms with E-state index in [1.54, 1.807) is 38.1 Å². The second-order valence-electron chi connectivity index (χ2n) is 5.80. The summed E-state index contributed by atoms with van der Waals surface area (Å²) in [5.41, 5.74) is 1.79. The van der Waals surface area contributed by atoms with E-state index in [0.29, 0.717) is 40.7 Å². The molecule has 0 aliphatic carbocycles.